The van der Waals surface area contributed by atoms with E-state index in [4.69, 9.17) is 4.84 Å². The van der Waals surface area contributed by atoms with Crippen LogP contribution in [0.25, 0.3) is 0 Å². The number of nitrogens with zero attached hydrogens (tertiary/aromatic N) is 1. The Labute approximate surface area is 159 Å². The Morgan fingerprint density at radius 2 is 1.96 bits per heavy atom. The SMILES string of the molecule is Cc1c(Nc2ccc(Br)cc2F)c(C(=O)NOC(C)(C)C)cn(C)c1=O. The lowest BCUT2D eigenvalue weighted by Gasteiger charge is -2.21. The van der Waals surface area contributed by atoms with Crippen molar-refractivity contribution in [3.8, 4) is 0 Å². The van der Waals surface area contributed by atoms with Crippen molar-refractivity contribution in [3.63, 3.8) is 0 Å². The number of pyridine rings is 1. The molecule has 0 radical (unpaired) electrons. The Balaban J connectivity index is 2.48. The van der Waals surface area contributed by atoms with Crippen molar-refractivity contribution in [2.75, 3.05) is 5.32 Å². The van der Waals surface area contributed by atoms with Gasteiger partial charge in [-0.05, 0) is 45.9 Å². The zero-order chi connectivity index (χ0) is 19.6. The summed E-state index contributed by atoms with van der Waals surface area (Å²) in [7, 11) is 1.54. The number of benzene rings is 1. The van der Waals surface area contributed by atoms with E-state index in [-0.39, 0.29) is 22.5 Å². The van der Waals surface area contributed by atoms with Crippen molar-refractivity contribution in [1.82, 2.24) is 10.0 Å². The monoisotopic (exact) mass is 425 g/mol. The van der Waals surface area contributed by atoms with Crippen LogP contribution in [0.4, 0.5) is 15.8 Å². The van der Waals surface area contributed by atoms with E-state index in [1.165, 1.54) is 22.9 Å². The molecule has 0 aliphatic carbocycles. The highest BCUT2D eigenvalue weighted by molar-refractivity contribution is 9.10. The molecule has 0 spiro atoms. The van der Waals surface area contributed by atoms with E-state index in [1.807, 2.05) is 0 Å². The topological polar surface area (TPSA) is 72.4 Å². The molecule has 1 aromatic carbocycles. The third-order valence-corrected chi connectivity index (χ3v) is 3.99. The molecule has 1 heterocycles. The van der Waals surface area contributed by atoms with Gasteiger partial charge in [-0.2, -0.15) is 0 Å². The second-order valence-electron chi connectivity index (χ2n) is 6.85. The Bertz CT molecular complexity index is 904. The van der Waals surface area contributed by atoms with Crippen LogP contribution >= 0.6 is 15.9 Å². The smallest absolute Gasteiger partial charge is 0.278 e. The van der Waals surface area contributed by atoms with Crippen LogP contribution in [0.1, 0.15) is 36.7 Å². The normalized spacial score (nSPS) is 11.3. The number of hydrogen-bond donors (Lipinski definition) is 2. The lowest BCUT2D eigenvalue weighted by molar-refractivity contribution is -0.0589. The van der Waals surface area contributed by atoms with Crippen molar-refractivity contribution in [3.05, 3.63) is 56.2 Å². The lowest BCUT2D eigenvalue weighted by atomic mass is 10.1. The van der Waals surface area contributed by atoms with Gasteiger partial charge in [-0.1, -0.05) is 15.9 Å². The molecule has 2 rings (SSSR count). The summed E-state index contributed by atoms with van der Waals surface area (Å²) in [6, 6.07) is 4.47. The van der Waals surface area contributed by atoms with Gasteiger partial charge in [0.05, 0.1) is 22.5 Å². The molecule has 8 heteroatoms. The summed E-state index contributed by atoms with van der Waals surface area (Å²) in [4.78, 5) is 30.1. The van der Waals surface area contributed by atoms with Crippen LogP contribution in [0.5, 0.6) is 0 Å². The van der Waals surface area contributed by atoms with Gasteiger partial charge in [0.2, 0.25) is 0 Å². The predicted molar refractivity (Wildman–Crippen MR) is 102 cm³/mol. The average molecular weight is 426 g/mol. The van der Waals surface area contributed by atoms with E-state index < -0.39 is 17.3 Å². The lowest BCUT2D eigenvalue weighted by Crippen LogP contribution is -2.35. The fourth-order valence-corrected chi connectivity index (χ4v) is 2.54. The maximum atomic E-state index is 14.2. The van der Waals surface area contributed by atoms with E-state index >= 15 is 0 Å². The van der Waals surface area contributed by atoms with E-state index in [0.29, 0.717) is 10.0 Å². The van der Waals surface area contributed by atoms with Crippen molar-refractivity contribution in [1.29, 1.82) is 0 Å². The quantitative estimate of drug-likeness (QED) is 0.730. The molecule has 140 valence electrons. The highest BCUT2D eigenvalue weighted by Crippen LogP contribution is 2.27. The Hall–Kier alpha value is -2.19. The van der Waals surface area contributed by atoms with E-state index in [1.54, 1.807) is 40.8 Å². The van der Waals surface area contributed by atoms with Crippen LogP contribution in [0.2, 0.25) is 0 Å². The minimum atomic E-state index is -0.587. The van der Waals surface area contributed by atoms with E-state index in [2.05, 4.69) is 26.7 Å². The maximum Gasteiger partial charge on any atom is 0.278 e. The van der Waals surface area contributed by atoms with Gasteiger partial charge in [-0.15, -0.1) is 0 Å². The summed E-state index contributed by atoms with van der Waals surface area (Å²) < 4.78 is 16.1. The zero-order valence-electron chi connectivity index (χ0n) is 15.2. The second kappa shape index (κ2) is 7.59. The van der Waals surface area contributed by atoms with Gasteiger partial charge in [-0.3, -0.25) is 14.4 Å². The largest absolute Gasteiger partial charge is 0.352 e. The molecular formula is C18H21BrFN3O3. The summed E-state index contributed by atoms with van der Waals surface area (Å²) in [5.41, 5.74) is 2.32. The van der Waals surface area contributed by atoms with Gasteiger partial charge in [-0.25, -0.2) is 9.87 Å². The Kier molecular flexibility index (Phi) is 5.87. The molecule has 1 amide bonds. The maximum absolute atomic E-state index is 14.2. The molecular weight excluding hydrogens is 405 g/mol. The molecule has 0 saturated heterocycles. The molecule has 0 fully saturated rings. The first-order valence-electron chi connectivity index (χ1n) is 7.90. The van der Waals surface area contributed by atoms with Crippen molar-refractivity contribution in [2.45, 2.75) is 33.3 Å². The molecule has 26 heavy (non-hydrogen) atoms. The van der Waals surface area contributed by atoms with Crippen molar-refractivity contribution < 1.29 is 14.0 Å². The number of anilines is 2. The number of hydroxylamine groups is 1. The van der Waals surface area contributed by atoms with Gasteiger partial charge in [0, 0.05) is 23.3 Å². The number of halogens is 2. The molecule has 0 aliphatic rings. The average Bonchev–Trinajstić information content (AvgIpc) is 2.54. The van der Waals surface area contributed by atoms with E-state index in [0.717, 1.165) is 0 Å². The second-order valence-corrected chi connectivity index (χ2v) is 7.77. The number of hydrogen-bond acceptors (Lipinski definition) is 4. The number of amides is 1. The molecule has 6 nitrogen and oxygen atoms in total. The number of rotatable bonds is 4. The number of aryl methyl sites for hydroxylation is 1. The van der Waals surface area contributed by atoms with Crippen LogP contribution < -0.4 is 16.4 Å². The third kappa shape index (κ3) is 4.70. The number of carbonyl (C=O) groups is 1. The summed E-state index contributed by atoms with van der Waals surface area (Å²) >= 11 is 3.19. The first-order valence-corrected chi connectivity index (χ1v) is 8.69. The molecule has 0 bridgehead atoms. The minimum absolute atomic E-state index is 0.148. The highest BCUT2D eigenvalue weighted by atomic mass is 79.9. The number of carbonyl (C=O) groups excluding carboxylic acids is 1. The standard InChI is InChI=1S/C18H21BrFN3O3/c1-10-15(21-14-7-6-11(19)8-13(14)20)12(9-23(5)17(10)25)16(24)22-26-18(2,3)4/h6-9,21H,1-5H3,(H,22,24). The van der Waals surface area contributed by atoms with Crippen LogP contribution in [0, 0.1) is 12.7 Å². The molecule has 2 N–H and O–H groups in total. The summed E-state index contributed by atoms with van der Waals surface area (Å²) in [6.07, 6.45) is 1.38. The fourth-order valence-electron chi connectivity index (χ4n) is 2.20. The van der Waals surface area contributed by atoms with E-state index in [9.17, 15) is 14.0 Å². The summed E-state index contributed by atoms with van der Waals surface area (Å²) in [5.74, 6) is -1.06. The molecule has 1 aromatic heterocycles. The van der Waals surface area contributed by atoms with Gasteiger partial charge in [0.25, 0.3) is 11.5 Å². The number of nitrogens with one attached hydrogen (secondary N) is 2. The number of aromatic nitrogens is 1. The molecule has 0 saturated carbocycles. The predicted octanol–water partition coefficient (Wildman–Crippen LogP) is 3.80. The first-order chi connectivity index (χ1) is 12.0. The molecule has 0 atom stereocenters. The first kappa shape index (κ1) is 20.1. The molecule has 0 unspecified atom stereocenters. The Morgan fingerprint density at radius 1 is 1.31 bits per heavy atom. The van der Waals surface area contributed by atoms with Gasteiger partial charge >= 0.3 is 0 Å². The molecule has 0 aliphatic heterocycles. The van der Waals surface area contributed by atoms with Crippen molar-refractivity contribution >= 4 is 33.2 Å². The fraction of sp³-hybridized carbons (Fsp3) is 0.333. The summed E-state index contributed by atoms with van der Waals surface area (Å²) in [6.45, 7) is 6.93. The third-order valence-electron chi connectivity index (χ3n) is 3.49. The van der Waals surface area contributed by atoms with Crippen LogP contribution in [-0.2, 0) is 11.9 Å². The van der Waals surface area contributed by atoms with Crippen molar-refractivity contribution in [2.24, 2.45) is 7.05 Å². The van der Waals surface area contributed by atoms with Crippen LogP contribution in [0.15, 0.2) is 33.7 Å². The van der Waals surface area contributed by atoms with Gasteiger partial charge in [0.15, 0.2) is 0 Å². The Morgan fingerprint density at radius 3 is 2.54 bits per heavy atom. The van der Waals surface area contributed by atoms with Gasteiger partial charge in [0.1, 0.15) is 5.82 Å². The van der Waals surface area contributed by atoms with Gasteiger partial charge < -0.3 is 9.88 Å². The van der Waals surface area contributed by atoms with Crippen LogP contribution in [0.3, 0.4) is 0 Å². The minimum Gasteiger partial charge on any atom is -0.352 e. The molecule has 2 aromatic rings. The van der Waals surface area contributed by atoms with Crippen LogP contribution in [-0.4, -0.2) is 16.1 Å². The highest BCUT2D eigenvalue weighted by Gasteiger charge is 2.21. The zero-order valence-corrected chi connectivity index (χ0v) is 16.8. The summed E-state index contributed by atoms with van der Waals surface area (Å²) in [5, 5.41) is 2.86.